The third-order valence-electron chi connectivity index (χ3n) is 6.05. The molecule has 1 heterocycles. The van der Waals surface area contributed by atoms with Crippen LogP contribution in [0, 0.1) is 11.2 Å². The van der Waals surface area contributed by atoms with E-state index in [1.807, 2.05) is 13.8 Å². The molecule has 0 bridgehead atoms. The third kappa shape index (κ3) is 3.67. The highest BCUT2D eigenvalue weighted by molar-refractivity contribution is 7.91. The monoisotopic (exact) mass is 406 g/mol. The number of hydrogen-bond donors (Lipinski definition) is 2. The number of aliphatic hydroxyl groups is 1. The zero-order chi connectivity index (χ0) is 20.5. The van der Waals surface area contributed by atoms with Crippen LogP contribution in [0.1, 0.15) is 56.6 Å². The fraction of sp³-hybridized carbons (Fsp3) is 0.455. The maximum atomic E-state index is 13.5. The molecule has 0 saturated carbocycles. The minimum Gasteiger partial charge on any atom is -0.508 e. The highest BCUT2D eigenvalue weighted by atomic mass is 32.2. The molecule has 2 N–H and O–H groups in total. The van der Waals surface area contributed by atoms with E-state index in [0.29, 0.717) is 24.0 Å². The Labute approximate surface area is 166 Å². The van der Waals surface area contributed by atoms with Crippen molar-refractivity contribution in [3.8, 4) is 5.75 Å². The van der Waals surface area contributed by atoms with E-state index in [9.17, 15) is 23.0 Å². The zero-order valence-corrected chi connectivity index (χ0v) is 17.0. The molecule has 0 saturated heterocycles. The number of rotatable bonds is 5. The lowest BCUT2D eigenvalue weighted by atomic mass is 9.69. The van der Waals surface area contributed by atoms with Crippen LogP contribution < -0.4 is 0 Å². The van der Waals surface area contributed by atoms with Crippen LogP contribution in [-0.2, 0) is 9.84 Å². The number of benzene rings is 2. The highest BCUT2D eigenvalue weighted by Crippen LogP contribution is 2.49. The molecule has 3 atom stereocenters. The predicted octanol–water partition coefficient (Wildman–Crippen LogP) is 4.40. The van der Waals surface area contributed by atoms with Gasteiger partial charge in [0.05, 0.1) is 16.8 Å². The van der Waals surface area contributed by atoms with Crippen LogP contribution in [0.15, 0.2) is 47.4 Å². The average molecular weight is 407 g/mol. The number of sulfone groups is 1. The number of aromatic hydroxyl groups is 1. The molecule has 0 spiro atoms. The molecule has 1 aliphatic heterocycles. The standard InChI is InChI=1S/C22H27FO4S/c1-3-5-12-22(4-2)14-28(26,27)19-11-10-17(24)13-18(19)20(21(22)25)15-6-8-16(23)9-7-15/h6-11,13,20-21,24-25H,3-5,12,14H2,1-2H3. The topological polar surface area (TPSA) is 74.6 Å². The second-order valence-corrected chi connectivity index (χ2v) is 9.73. The SMILES string of the molecule is CCCCC1(CC)CS(=O)(=O)c2ccc(O)cc2C(c2ccc(F)cc2)C1O. The van der Waals surface area contributed by atoms with E-state index in [4.69, 9.17) is 0 Å². The number of phenols is 1. The molecule has 28 heavy (non-hydrogen) atoms. The van der Waals surface area contributed by atoms with Crippen molar-refractivity contribution in [1.29, 1.82) is 0 Å². The van der Waals surface area contributed by atoms with Gasteiger partial charge in [-0.1, -0.05) is 38.8 Å². The highest BCUT2D eigenvalue weighted by Gasteiger charge is 2.48. The molecule has 2 aromatic rings. The Morgan fingerprint density at radius 2 is 1.82 bits per heavy atom. The average Bonchev–Trinajstić information content (AvgIpc) is 2.72. The molecule has 0 aromatic heterocycles. The first-order valence-corrected chi connectivity index (χ1v) is 11.4. The van der Waals surface area contributed by atoms with Gasteiger partial charge >= 0.3 is 0 Å². The van der Waals surface area contributed by atoms with Crippen LogP contribution in [0.2, 0.25) is 0 Å². The molecule has 0 aliphatic carbocycles. The first kappa shape index (κ1) is 20.8. The summed E-state index contributed by atoms with van der Waals surface area (Å²) < 4.78 is 40.0. The summed E-state index contributed by atoms with van der Waals surface area (Å²) in [4.78, 5) is 0.130. The largest absolute Gasteiger partial charge is 0.508 e. The van der Waals surface area contributed by atoms with Gasteiger partial charge in [-0.25, -0.2) is 12.8 Å². The van der Waals surface area contributed by atoms with Crippen molar-refractivity contribution < 1.29 is 23.0 Å². The number of halogens is 1. The summed E-state index contributed by atoms with van der Waals surface area (Å²) in [6.07, 6.45) is 1.80. The maximum absolute atomic E-state index is 13.5. The minimum absolute atomic E-state index is 0.0641. The van der Waals surface area contributed by atoms with Crippen molar-refractivity contribution in [3.63, 3.8) is 0 Å². The third-order valence-corrected chi connectivity index (χ3v) is 8.04. The van der Waals surface area contributed by atoms with Gasteiger partial charge in [0, 0.05) is 11.3 Å². The van der Waals surface area contributed by atoms with Gasteiger partial charge in [-0.05, 0) is 54.3 Å². The van der Waals surface area contributed by atoms with Crippen molar-refractivity contribution in [3.05, 3.63) is 59.4 Å². The first-order chi connectivity index (χ1) is 13.2. The Bertz CT molecular complexity index is 940. The summed E-state index contributed by atoms with van der Waals surface area (Å²) in [6, 6.07) is 9.96. The Hall–Kier alpha value is -1.92. The molecule has 152 valence electrons. The van der Waals surface area contributed by atoms with Crippen LogP contribution in [0.4, 0.5) is 4.39 Å². The summed E-state index contributed by atoms with van der Waals surface area (Å²) in [6.45, 7) is 3.94. The molecule has 6 heteroatoms. The first-order valence-electron chi connectivity index (χ1n) is 9.73. The lowest BCUT2D eigenvalue weighted by molar-refractivity contribution is 0.0173. The quantitative estimate of drug-likeness (QED) is 0.772. The Morgan fingerprint density at radius 3 is 2.43 bits per heavy atom. The molecule has 1 aliphatic rings. The molecule has 3 rings (SSSR count). The molecule has 2 aromatic carbocycles. The van der Waals surface area contributed by atoms with Crippen LogP contribution >= 0.6 is 0 Å². The normalized spacial score (nSPS) is 26.4. The van der Waals surface area contributed by atoms with Gasteiger partial charge in [-0.15, -0.1) is 0 Å². The van der Waals surface area contributed by atoms with E-state index in [1.54, 1.807) is 12.1 Å². The Balaban J connectivity index is 2.28. The van der Waals surface area contributed by atoms with E-state index in [0.717, 1.165) is 12.8 Å². The maximum Gasteiger partial charge on any atom is 0.179 e. The smallest absolute Gasteiger partial charge is 0.179 e. The summed E-state index contributed by atoms with van der Waals surface area (Å²) in [5.41, 5.74) is 0.181. The van der Waals surface area contributed by atoms with Crippen molar-refractivity contribution in [1.82, 2.24) is 0 Å². The number of hydrogen-bond acceptors (Lipinski definition) is 4. The summed E-state index contributed by atoms with van der Waals surface area (Å²) in [5, 5.41) is 21.6. The number of unbranched alkanes of at least 4 members (excludes halogenated alkanes) is 1. The predicted molar refractivity (Wildman–Crippen MR) is 107 cm³/mol. The van der Waals surface area contributed by atoms with Gasteiger partial charge in [0.15, 0.2) is 9.84 Å². The summed E-state index contributed by atoms with van der Waals surface area (Å²) in [5.74, 6) is -1.28. The van der Waals surface area contributed by atoms with Crippen molar-refractivity contribution >= 4 is 9.84 Å². The van der Waals surface area contributed by atoms with Gasteiger partial charge in [-0.2, -0.15) is 0 Å². The molecule has 0 amide bonds. The zero-order valence-electron chi connectivity index (χ0n) is 16.2. The summed E-state index contributed by atoms with van der Waals surface area (Å²) >= 11 is 0. The van der Waals surface area contributed by atoms with Crippen molar-refractivity contribution in [2.24, 2.45) is 5.41 Å². The molecule has 3 unspecified atom stereocenters. The minimum atomic E-state index is -3.67. The molecule has 4 nitrogen and oxygen atoms in total. The molecule has 0 fully saturated rings. The number of aliphatic hydroxyl groups excluding tert-OH is 1. The summed E-state index contributed by atoms with van der Waals surface area (Å²) in [7, 11) is -3.67. The molecule has 0 radical (unpaired) electrons. The van der Waals surface area contributed by atoms with Crippen molar-refractivity contribution in [2.75, 3.05) is 5.75 Å². The van der Waals surface area contributed by atoms with E-state index in [1.165, 1.54) is 30.3 Å². The second kappa shape index (κ2) is 7.84. The molecular weight excluding hydrogens is 379 g/mol. The fourth-order valence-electron chi connectivity index (χ4n) is 4.40. The van der Waals surface area contributed by atoms with Gasteiger partial charge in [0.25, 0.3) is 0 Å². The van der Waals surface area contributed by atoms with Crippen LogP contribution in [0.5, 0.6) is 5.75 Å². The fourth-order valence-corrected chi connectivity index (χ4v) is 6.65. The van der Waals surface area contributed by atoms with Crippen molar-refractivity contribution in [2.45, 2.75) is 56.4 Å². The lowest BCUT2D eigenvalue weighted by Crippen LogP contribution is -2.42. The van der Waals surface area contributed by atoms with E-state index >= 15 is 0 Å². The van der Waals surface area contributed by atoms with E-state index in [2.05, 4.69) is 0 Å². The van der Waals surface area contributed by atoms with Crippen LogP contribution in [-0.4, -0.2) is 30.5 Å². The van der Waals surface area contributed by atoms with Gasteiger partial charge in [0.2, 0.25) is 0 Å². The number of fused-ring (bicyclic) bond motifs is 1. The van der Waals surface area contributed by atoms with E-state index in [-0.39, 0.29) is 16.4 Å². The Kier molecular flexibility index (Phi) is 5.82. The van der Waals surface area contributed by atoms with Gasteiger partial charge < -0.3 is 10.2 Å². The van der Waals surface area contributed by atoms with Gasteiger partial charge in [-0.3, -0.25) is 0 Å². The Morgan fingerprint density at radius 1 is 1.14 bits per heavy atom. The van der Waals surface area contributed by atoms with Crippen LogP contribution in [0.3, 0.4) is 0 Å². The van der Waals surface area contributed by atoms with Crippen LogP contribution in [0.25, 0.3) is 0 Å². The lowest BCUT2D eigenvalue weighted by Gasteiger charge is -2.39. The molecular formula is C22H27FO4S. The number of phenolic OH excluding ortho intramolecular Hbond substituents is 1. The van der Waals surface area contributed by atoms with Gasteiger partial charge in [0.1, 0.15) is 11.6 Å². The second-order valence-electron chi connectivity index (χ2n) is 7.77. The van der Waals surface area contributed by atoms with E-state index < -0.39 is 33.1 Å².